The summed E-state index contributed by atoms with van der Waals surface area (Å²) >= 11 is 0. The van der Waals surface area contributed by atoms with Crippen molar-refractivity contribution in [2.24, 2.45) is 17.8 Å². The van der Waals surface area contributed by atoms with Crippen LogP contribution in [0, 0.1) is 17.8 Å². The lowest BCUT2D eigenvalue weighted by atomic mass is 10.0. The SMILES string of the molecule is COC(=O)N[C@H](C(=O)N1[C@@H]2CC2C[C@H]1c1ncc(-c2ccc(-c3ccc(-c4cnc([C@@H]5CC6C[C@H]6N5C(C)=O)[nH]4)cc3)cc2)[nH]1)C(C)C. The molecule has 3 N–H and O–H groups in total. The number of imidazole rings is 2. The molecule has 3 amide bonds. The number of aromatic amines is 2. The number of hydrogen-bond donors (Lipinski definition) is 3. The fourth-order valence-corrected chi connectivity index (χ4v) is 8.02. The zero-order chi connectivity index (χ0) is 33.3. The molecule has 2 aliphatic carbocycles. The number of aromatic nitrogens is 4. The Hall–Kier alpha value is -4.93. The van der Waals surface area contributed by atoms with Crippen LogP contribution >= 0.6 is 0 Å². The number of amides is 3. The van der Waals surface area contributed by atoms with Crippen LogP contribution in [0.25, 0.3) is 33.6 Å². The molecule has 4 aliphatic rings. The summed E-state index contributed by atoms with van der Waals surface area (Å²) in [5.74, 6) is 2.68. The zero-order valence-corrected chi connectivity index (χ0v) is 27.6. The second-order valence-electron chi connectivity index (χ2n) is 14.2. The van der Waals surface area contributed by atoms with Gasteiger partial charge in [-0.05, 0) is 65.7 Å². The van der Waals surface area contributed by atoms with E-state index in [-0.39, 0.29) is 35.9 Å². The molecule has 4 fully saturated rings. The molecule has 2 saturated heterocycles. The van der Waals surface area contributed by atoms with Crippen LogP contribution in [-0.4, -0.2) is 72.9 Å². The first-order chi connectivity index (χ1) is 23.2. The molecule has 2 saturated carbocycles. The molecule has 11 nitrogen and oxygen atoms in total. The lowest BCUT2D eigenvalue weighted by Crippen LogP contribution is -2.52. The van der Waals surface area contributed by atoms with Crippen molar-refractivity contribution >= 4 is 17.9 Å². The van der Waals surface area contributed by atoms with E-state index >= 15 is 0 Å². The van der Waals surface area contributed by atoms with E-state index in [1.807, 2.05) is 36.0 Å². The minimum atomic E-state index is -0.659. The summed E-state index contributed by atoms with van der Waals surface area (Å²) < 4.78 is 4.78. The number of ether oxygens (including phenoxy) is 1. The van der Waals surface area contributed by atoms with Gasteiger partial charge < -0.3 is 29.8 Å². The van der Waals surface area contributed by atoms with E-state index in [2.05, 4.69) is 68.8 Å². The zero-order valence-electron chi connectivity index (χ0n) is 27.6. The van der Waals surface area contributed by atoms with Gasteiger partial charge in [0.1, 0.15) is 17.7 Å². The number of carbonyl (C=O) groups is 3. The fraction of sp³-hybridized carbons (Fsp3) is 0.432. The van der Waals surface area contributed by atoms with Crippen molar-refractivity contribution in [3.8, 4) is 33.6 Å². The Balaban J connectivity index is 0.946. The maximum atomic E-state index is 13.7. The van der Waals surface area contributed by atoms with Gasteiger partial charge in [-0.15, -0.1) is 0 Å². The minimum absolute atomic E-state index is 0.0431. The average Bonchev–Trinajstić information content (AvgIpc) is 3.68. The molecule has 2 aromatic heterocycles. The van der Waals surface area contributed by atoms with Gasteiger partial charge in [0.2, 0.25) is 11.8 Å². The number of carbonyl (C=O) groups excluding carboxylic acids is 3. The first kappa shape index (κ1) is 30.4. The van der Waals surface area contributed by atoms with Gasteiger partial charge in [-0.3, -0.25) is 9.59 Å². The lowest BCUT2D eigenvalue weighted by molar-refractivity contribution is -0.136. The molecule has 4 aromatic rings. The van der Waals surface area contributed by atoms with Gasteiger partial charge >= 0.3 is 6.09 Å². The summed E-state index contributed by atoms with van der Waals surface area (Å²) in [6.45, 7) is 5.51. The normalized spacial score (nSPS) is 25.9. The van der Waals surface area contributed by atoms with Gasteiger partial charge in [-0.25, -0.2) is 14.8 Å². The number of nitrogens with zero attached hydrogens (tertiary/aromatic N) is 4. The van der Waals surface area contributed by atoms with Crippen LogP contribution in [0.4, 0.5) is 4.79 Å². The molecule has 248 valence electrons. The molecule has 11 heteroatoms. The van der Waals surface area contributed by atoms with E-state index < -0.39 is 12.1 Å². The van der Waals surface area contributed by atoms with Crippen LogP contribution in [0.1, 0.15) is 70.2 Å². The van der Waals surface area contributed by atoms with Crippen molar-refractivity contribution in [1.29, 1.82) is 0 Å². The predicted octanol–water partition coefficient (Wildman–Crippen LogP) is 5.86. The van der Waals surface area contributed by atoms with Gasteiger partial charge in [-0.1, -0.05) is 62.4 Å². The molecule has 4 heterocycles. The highest BCUT2D eigenvalue weighted by molar-refractivity contribution is 5.87. The van der Waals surface area contributed by atoms with E-state index in [0.29, 0.717) is 17.9 Å². The topological polar surface area (TPSA) is 136 Å². The van der Waals surface area contributed by atoms with Crippen LogP contribution in [0.5, 0.6) is 0 Å². The number of hydrogen-bond acceptors (Lipinski definition) is 6. The Labute approximate surface area is 279 Å². The van der Waals surface area contributed by atoms with Gasteiger partial charge in [-0.2, -0.15) is 0 Å². The van der Waals surface area contributed by atoms with Crippen molar-refractivity contribution in [3.05, 3.63) is 72.6 Å². The summed E-state index contributed by atoms with van der Waals surface area (Å²) in [5, 5.41) is 2.73. The fourth-order valence-electron chi connectivity index (χ4n) is 8.02. The summed E-state index contributed by atoms with van der Waals surface area (Å²) in [7, 11) is 1.31. The molecule has 2 unspecified atom stereocenters. The van der Waals surface area contributed by atoms with E-state index in [1.165, 1.54) is 7.11 Å². The second kappa shape index (κ2) is 11.6. The third-order valence-electron chi connectivity index (χ3n) is 10.8. The minimum Gasteiger partial charge on any atom is -0.453 e. The number of rotatable bonds is 8. The third kappa shape index (κ3) is 5.35. The molecular formula is C37H41N7O4. The Morgan fingerprint density at radius 1 is 0.750 bits per heavy atom. The molecule has 0 bridgehead atoms. The smallest absolute Gasteiger partial charge is 0.407 e. The van der Waals surface area contributed by atoms with E-state index in [4.69, 9.17) is 9.72 Å². The van der Waals surface area contributed by atoms with Crippen molar-refractivity contribution in [3.63, 3.8) is 0 Å². The van der Waals surface area contributed by atoms with Gasteiger partial charge in [0, 0.05) is 19.0 Å². The van der Waals surface area contributed by atoms with Crippen molar-refractivity contribution < 1.29 is 19.1 Å². The maximum Gasteiger partial charge on any atom is 0.407 e. The number of piperidine rings is 2. The highest BCUT2D eigenvalue weighted by Crippen LogP contribution is 2.54. The number of alkyl carbamates (subject to hydrolysis) is 1. The van der Waals surface area contributed by atoms with Crippen LogP contribution in [0.15, 0.2) is 60.9 Å². The summed E-state index contributed by atoms with van der Waals surface area (Å²) in [6.07, 6.45) is 7.06. The van der Waals surface area contributed by atoms with Crippen LogP contribution in [0.2, 0.25) is 0 Å². The monoisotopic (exact) mass is 647 g/mol. The number of H-pyrrole nitrogens is 2. The molecule has 48 heavy (non-hydrogen) atoms. The van der Waals surface area contributed by atoms with E-state index in [1.54, 1.807) is 6.92 Å². The molecule has 2 aliphatic heterocycles. The number of nitrogens with one attached hydrogen (secondary N) is 3. The largest absolute Gasteiger partial charge is 0.453 e. The molecule has 0 radical (unpaired) electrons. The quantitative estimate of drug-likeness (QED) is 0.219. The highest BCUT2D eigenvalue weighted by atomic mass is 16.5. The Bertz CT molecular complexity index is 1860. The van der Waals surface area contributed by atoms with Gasteiger partial charge in [0.05, 0.1) is 43.0 Å². The Morgan fingerprint density at radius 2 is 1.21 bits per heavy atom. The van der Waals surface area contributed by atoms with Crippen LogP contribution in [-0.2, 0) is 14.3 Å². The predicted molar refractivity (Wildman–Crippen MR) is 179 cm³/mol. The standard InChI is InChI=1S/C37H41N7O4/c1-19(2)33(42-37(47)48-4)36(46)44-30-14-26(30)16-32(44)35-39-18-28(41-35)24-11-7-22(8-12-24)21-5-9-23(10-6-21)27-17-38-34(40-27)31-15-25-13-29(25)43(31)20(3)45/h5-12,17-19,25-26,29-33H,13-16H2,1-4H3,(H,38,40)(H,39,41)(H,42,47)/t25?,26?,29-,30-,31+,32+,33+/m1/s1. The first-order valence-corrected chi connectivity index (χ1v) is 17.0. The summed E-state index contributed by atoms with van der Waals surface area (Å²) in [6, 6.07) is 16.6. The maximum absolute atomic E-state index is 13.7. The third-order valence-corrected chi connectivity index (χ3v) is 10.8. The molecular weight excluding hydrogens is 606 g/mol. The molecule has 8 rings (SSSR count). The molecule has 0 spiro atoms. The van der Waals surface area contributed by atoms with Crippen molar-refractivity contribution in [1.82, 2.24) is 35.1 Å². The molecule has 7 atom stereocenters. The first-order valence-electron chi connectivity index (χ1n) is 17.0. The summed E-state index contributed by atoms with van der Waals surface area (Å²) in [4.78, 5) is 58.2. The van der Waals surface area contributed by atoms with E-state index in [0.717, 1.165) is 71.0 Å². The Kier molecular flexibility index (Phi) is 7.38. The van der Waals surface area contributed by atoms with Gasteiger partial charge in [0.15, 0.2) is 0 Å². The molecule has 2 aromatic carbocycles. The summed E-state index contributed by atoms with van der Waals surface area (Å²) in [5.41, 5.74) is 6.11. The number of fused-ring (bicyclic) bond motifs is 2. The number of methoxy groups -OCH3 is 1. The van der Waals surface area contributed by atoms with Gasteiger partial charge in [0.25, 0.3) is 0 Å². The van der Waals surface area contributed by atoms with E-state index in [9.17, 15) is 14.4 Å². The number of benzene rings is 2. The number of likely N-dealkylation sites (tertiary alicyclic amines) is 2. The van der Waals surface area contributed by atoms with Crippen LogP contribution in [0.3, 0.4) is 0 Å². The van der Waals surface area contributed by atoms with Crippen molar-refractivity contribution in [2.75, 3.05) is 7.11 Å². The van der Waals surface area contributed by atoms with Crippen LogP contribution < -0.4 is 5.32 Å². The van der Waals surface area contributed by atoms with Crippen molar-refractivity contribution in [2.45, 2.75) is 76.7 Å². The lowest BCUT2D eigenvalue weighted by Gasteiger charge is -2.31. The average molecular weight is 648 g/mol. The Morgan fingerprint density at radius 3 is 1.67 bits per heavy atom. The highest BCUT2D eigenvalue weighted by Gasteiger charge is 2.56. The second-order valence-corrected chi connectivity index (χ2v) is 14.2.